The van der Waals surface area contributed by atoms with Crippen LogP contribution in [0, 0.1) is 0 Å². The van der Waals surface area contributed by atoms with E-state index < -0.39 is 0 Å². The molecule has 62 heavy (non-hydrogen) atoms. The third-order valence-electron chi connectivity index (χ3n) is 12.6. The van der Waals surface area contributed by atoms with Crippen molar-refractivity contribution in [1.82, 2.24) is 4.57 Å². The van der Waals surface area contributed by atoms with Gasteiger partial charge in [0.25, 0.3) is 0 Å². The van der Waals surface area contributed by atoms with Crippen LogP contribution in [-0.4, -0.2) is 4.57 Å². The van der Waals surface area contributed by atoms with Crippen LogP contribution in [0.4, 0.5) is 17.1 Å². The van der Waals surface area contributed by atoms with Crippen LogP contribution in [0.5, 0.6) is 11.5 Å². The fourth-order valence-corrected chi connectivity index (χ4v) is 11.0. The molecule has 2 aromatic heterocycles. The molecule has 0 spiro atoms. The number of thiophene rings is 1. The zero-order chi connectivity index (χ0) is 40.7. The van der Waals surface area contributed by atoms with Crippen LogP contribution in [0.1, 0.15) is 0 Å². The van der Waals surface area contributed by atoms with Gasteiger partial charge in [-0.2, -0.15) is 0 Å². The molecule has 290 valence electrons. The van der Waals surface area contributed by atoms with Gasteiger partial charge in [0.05, 0.1) is 27.1 Å². The first-order valence-corrected chi connectivity index (χ1v) is 21.9. The summed E-state index contributed by atoms with van der Waals surface area (Å²) in [4.78, 5) is 2.42. The Labute approximate surface area is 362 Å². The van der Waals surface area contributed by atoms with E-state index >= 15 is 0 Å². The van der Waals surface area contributed by atoms with Crippen molar-refractivity contribution < 1.29 is 4.74 Å². The lowest BCUT2D eigenvalue weighted by Gasteiger charge is -2.26. The first-order valence-electron chi connectivity index (χ1n) is 21.1. The van der Waals surface area contributed by atoms with Gasteiger partial charge in [0.1, 0.15) is 0 Å². The van der Waals surface area contributed by atoms with E-state index in [4.69, 9.17) is 4.74 Å². The Morgan fingerprint density at radius 2 is 1.05 bits per heavy atom. The van der Waals surface area contributed by atoms with Crippen LogP contribution in [0.15, 0.2) is 218 Å². The van der Waals surface area contributed by atoms with Crippen LogP contribution >= 0.6 is 11.3 Å². The molecule has 3 heterocycles. The van der Waals surface area contributed by atoms with E-state index in [1.165, 1.54) is 86.3 Å². The third kappa shape index (κ3) is 5.37. The minimum Gasteiger partial charge on any atom is -0.453 e. The molecule has 0 aliphatic carbocycles. The van der Waals surface area contributed by atoms with Crippen molar-refractivity contribution >= 4 is 81.1 Å². The lowest BCUT2D eigenvalue weighted by atomic mass is 9.95. The molecule has 0 bridgehead atoms. The summed E-state index contributed by atoms with van der Waals surface area (Å²) >= 11 is 1.86. The molecule has 0 saturated carbocycles. The zero-order valence-electron chi connectivity index (χ0n) is 33.5. The smallest absolute Gasteiger partial charge is 0.152 e. The Balaban J connectivity index is 0.917. The van der Waals surface area contributed by atoms with E-state index in [9.17, 15) is 0 Å². The first-order chi connectivity index (χ1) is 30.7. The maximum atomic E-state index is 6.43. The molecule has 0 radical (unpaired) electrons. The molecule has 1 aliphatic rings. The Morgan fingerprint density at radius 1 is 0.419 bits per heavy atom. The van der Waals surface area contributed by atoms with E-state index in [1.807, 2.05) is 23.5 Å². The zero-order valence-corrected chi connectivity index (χ0v) is 34.3. The molecule has 13 rings (SSSR count). The van der Waals surface area contributed by atoms with Gasteiger partial charge in [0.15, 0.2) is 11.5 Å². The fraction of sp³-hybridized carbons (Fsp3) is 0. The fourth-order valence-electron chi connectivity index (χ4n) is 9.78. The van der Waals surface area contributed by atoms with Gasteiger partial charge in [-0.25, -0.2) is 0 Å². The second-order valence-electron chi connectivity index (χ2n) is 16.0. The van der Waals surface area contributed by atoms with Gasteiger partial charge in [-0.3, -0.25) is 0 Å². The number of anilines is 3. The molecule has 0 unspecified atom stereocenters. The van der Waals surface area contributed by atoms with Gasteiger partial charge in [-0.15, -0.1) is 11.3 Å². The van der Waals surface area contributed by atoms with Crippen molar-refractivity contribution in [3.8, 4) is 50.6 Å². The maximum absolute atomic E-state index is 6.43. The predicted molar refractivity (Wildman–Crippen MR) is 262 cm³/mol. The van der Waals surface area contributed by atoms with Crippen LogP contribution in [0.3, 0.4) is 0 Å². The normalized spacial score (nSPS) is 12.0. The van der Waals surface area contributed by atoms with Crippen molar-refractivity contribution in [2.24, 2.45) is 0 Å². The van der Waals surface area contributed by atoms with Crippen molar-refractivity contribution in [1.29, 1.82) is 0 Å². The average molecular weight is 809 g/mol. The second-order valence-corrected chi connectivity index (χ2v) is 17.1. The Kier molecular flexibility index (Phi) is 7.78. The minimum absolute atomic E-state index is 0.873. The molecule has 0 N–H and O–H groups in total. The Morgan fingerprint density at radius 3 is 1.94 bits per heavy atom. The number of nitrogens with zero attached hydrogens (tertiary/aromatic N) is 2. The summed E-state index contributed by atoms with van der Waals surface area (Å²) in [6, 6.07) is 79.2. The lowest BCUT2D eigenvalue weighted by Crippen LogP contribution is -2.10. The van der Waals surface area contributed by atoms with Gasteiger partial charge in [0.2, 0.25) is 0 Å². The highest BCUT2D eigenvalue weighted by Crippen LogP contribution is 2.49. The monoisotopic (exact) mass is 808 g/mol. The van der Waals surface area contributed by atoms with E-state index in [0.717, 1.165) is 34.1 Å². The Hall–Kier alpha value is -7.92. The summed E-state index contributed by atoms with van der Waals surface area (Å²) in [7, 11) is 0. The number of para-hydroxylation sites is 3. The second kappa shape index (κ2) is 13.8. The molecule has 1 aliphatic heterocycles. The molecule has 0 atom stereocenters. The highest BCUT2D eigenvalue weighted by Gasteiger charge is 2.25. The third-order valence-corrected chi connectivity index (χ3v) is 13.8. The van der Waals surface area contributed by atoms with Gasteiger partial charge in [-0.05, 0) is 111 Å². The predicted octanol–water partition coefficient (Wildman–Crippen LogP) is 16.9. The van der Waals surface area contributed by atoms with E-state index in [1.54, 1.807) is 0 Å². The summed E-state index contributed by atoms with van der Waals surface area (Å²) in [6.45, 7) is 0. The number of aromatic nitrogens is 1. The lowest BCUT2D eigenvalue weighted by molar-refractivity contribution is 0.476. The molecule has 12 aromatic rings. The number of benzene rings is 10. The van der Waals surface area contributed by atoms with Crippen LogP contribution in [-0.2, 0) is 0 Å². The average Bonchev–Trinajstić information content (AvgIpc) is 3.90. The van der Waals surface area contributed by atoms with Crippen molar-refractivity contribution in [2.75, 3.05) is 4.90 Å². The highest BCUT2D eigenvalue weighted by molar-refractivity contribution is 7.26. The van der Waals surface area contributed by atoms with E-state index in [0.29, 0.717) is 0 Å². The number of ether oxygens (including phenoxy) is 1. The van der Waals surface area contributed by atoms with Crippen LogP contribution in [0.25, 0.3) is 91.8 Å². The van der Waals surface area contributed by atoms with Crippen LogP contribution < -0.4 is 9.64 Å². The molecule has 0 fully saturated rings. The largest absolute Gasteiger partial charge is 0.453 e. The SMILES string of the molecule is c1cc(-c2ccc(N(c3ccc(-c4cccc5ccccc45)cc3)c3cccc4c3sc3ccccc34)cc2)cc(-c2cccc3c2c2cccc4c2n3-c2ccccc2O4)c1. The minimum atomic E-state index is 0.873. The molecular weight excluding hydrogens is 773 g/mol. The first kappa shape index (κ1) is 34.9. The quantitative estimate of drug-likeness (QED) is 0.166. The summed E-state index contributed by atoms with van der Waals surface area (Å²) in [6.07, 6.45) is 0. The van der Waals surface area contributed by atoms with Crippen molar-refractivity contribution in [3.63, 3.8) is 0 Å². The molecule has 10 aromatic carbocycles. The van der Waals surface area contributed by atoms with E-state index in [-0.39, 0.29) is 0 Å². The molecular formula is C58H36N2OS. The topological polar surface area (TPSA) is 17.4 Å². The van der Waals surface area contributed by atoms with Gasteiger partial charge >= 0.3 is 0 Å². The highest BCUT2D eigenvalue weighted by atomic mass is 32.1. The molecule has 4 heteroatoms. The van der Waals surface area contributed by atoms with E-state index in [2.05, 4.69) is 216 Å². The molecule has 0 amide bonds. The number of hydrogen-bond donors (Lipinski definition) is 0. The number of hydrogen-bond acceptors (Lipinski definition) is 3. The van der Waals surface area contributed by atoms with Crippen molar-refractivity contribution in [2.45, 2.75) is 0 Å². The summed E-state index contributed by atoms with van der Waals surface area (Å²) in [5.41, 5.74) is 13.9. The molecule has 3 nitrogen and oxygen atoms in total. The summed E-state index contributed by atoms with van der Waals surface area (Å²) in [5, 5.41) is 7.50. The maximum Gasteiger partial charge on any atom is 0.152 e. The van der Waals surface area contributed by atoms with Crippen molar-refractivity contribution in [3.05, 3.63) is 218 Å². The summed E-state index contributed by atoms with van der Waals surface area (Å²) in [5.74, 6) is 1.76. The van der Waals surface area contributed by atoms with Gasteiger partial charge < -0.3 is 14.2 Å². The van der Waals surface area contributed by atoms with Crippen LogP contribution in [0.2, 0.25) is 0 Å². The number of rotatable bonds is 6. The molecule has 0 saturated heterocycles. The van der Waals surface area contributed by atoms with Gasteiger partial charge in [-0.1, -0.05) is 152 Å². The standard InChI is InChI=1S/C58H36N2OS/c1-2-16-44-38(12-1)13-8-18-45(44)39-30-34-43(35-31-39)59(52-24-10-20-48-47-17-3-6-27-55(47)62-58(48)52)42-32-28-37(29-33-42)40-14-7-15-41(36-40)46-19-9-23-51-56(46)49-21-11-26-54-57(49)60(51)50-22-4-5-25-53(50)61-54/h1-36H. The number of fused-ring (bicyclic) bond motifs is 9. The van der Waals surface area contributed by atoms with Gasteiger partial charge in [0, 0.05) is 37.6 Å². The summed E-state index contributed by atoms with van der Waals surface area (Å²) < 4.78 is 11.4. The Bertz CT molecular complexity index is 3720.